The highest BCUT2D eigenvalue weighted by Gasteiger charge is 2.12. The minimum Gasteiger partial charge on any atom is -0.478 e. The van der Waals surface area contributed by atoms with Crippen molar-refractivity contribution < 1.29 is 14.6 Å². The van der Waals surface area contributed by atoms with E-state index in [1.54, 1.807) is 17.7 Å². The molecule has 1 heterocycles. The van der Waals surface area contributed by atoms with Crippen LogP contribution in [0.4, 0.5) is 0 Å². The molecule has 1 unspecified atom stereocenters. The number of rotatable bonds is 5. The first-order valence-corrected chi connectivity index (χ1v) is 5.97. The number of carbonyl (C=O) groups is 1. The Hall–Kier alpha value is -2.08. The normalized spacial score (nSPS) is 12.7. The molecule has 0 amide bonds. The fourth-order valence-corrected chi connectivity index (χ4v) is 2.13. The van der Waals surface area contributed by atoms with Gasteiger partial charge in [-0.15, -0.1) is 0 Å². The number of nitrogens with one attached hydrogen (secondary N) is 1. The quantitative estimate of drug-likeness (QED) is 0.852. The summed E-state index contributed by atoms with van der Waals surface area (Å²) in [6.45, 7) is 3.08. The number of carboxylic acid groups (broad SMARTS) is 1. The van der Waals surface area contributed by atoms with Crippen LogP contribution >= 0.6 is 0 Å². The lowest BCUT2D eigenvalue weighted by Gasteiger charge is -2.10. The number of hydrogen-bond acceptors (Lipinski definition) is 3. The lowest BCUT2D eigenvalue weighted by molar-refractivity contribution is 0.0697. The van der Waals surface area contributed by atoms with E-state index >= 15 is 0 Å². The lowest BCUT2D eigenvalue weighted by Crippen LogP contribution is -2.22. The molecular weight excluding hydrogens is 248 g/mol. The number of carboxylic acids is 1. The van der Waals surface area contributed by atoms with Gasteiger partial charge in [0.05, 0.1) is 23.2 Å². The second kappa shape index (κ2) is 5.27. The maximum Gasteiger partial charge on any atom is 0.335 e. The highest BCUT2D eigenvalue weighted by atomic mass is 16.5. The van der Waals surface area contributed by atoms with Gasteiger partial charge in [-0.05, 0) is 24.1 Å². The van der Waals surface area contributed by atoms with E-state index in [0.717, 1.165) is 0 Å². The van der Waals surface area contributed by atoms with Crippen molar-refractivity contribution >= 4 is 17.0 Å². The van der Waals surface area contributed by atoms with E-state index < -0.39 is 5.97 Å². The Morgan fingerprint density at radius 1 is 1.53 bits per heavy atom. The van der Waals surface area contributed by atoms with E-state index in [0.29, 0.717) is 24.2 Å². The molecule has 2 N–H and O–H groups in total. The molecule has 0 aliphatic carbocycles. The summed E-state index contributed by atoms with van der Waals surface area (Å²) in [6, 6.07) is 4.61. The summed E-state index contributed by atoms with van der Waals surface area (Å²) in [7, 11) is 1.62. The van der Waals surface area contributed by atoms with Gasteiger partial charge in [0.25, 0.3) is 0 Å². The maximum absolute atomic E-state index is 11.9. The van der Waals surface area contributed by atoms with Crippen LogP contribution in [0.2, 0.25) is 0 Å². The first-order valence-electron chi connectivity index (χ1n) is 5.97. The van der Waals surface area contributed by atoms with Gasteiger partial charge >= 0.3 is 11.7 Å². The molecule has 19 heavy (non-hydrogen) atoms. The van der Waals surface area contributed by atoms with Gasteiger partial charge in [-0.1, -0.05) is 6.92 Å². The lowest BCUT2D eigenvalue weighted by atomic mass is 10.2. The minimum atomic E-state index is -1.01. The van der Waals surface area contributed by atoms with Crippen LogP contribution in [0.25, 0.3) is 11.0 Å². The largest absolute Gasteiger partial charge is 0.478 e. The van der Waals surface area contributed by atoms with Gasteiger partial charge in [0.2, 0.25) is 0 Å². The zero-order valence-corrected chi connectivity index (χ0v) is 10.8. The van der Waals surface area contributed by atoms with E-state index in [4.69, 9.17) is 9.84 Å². The molecule has 0 saturated heterocycles. The van der Waals surface area contributed by atoms with Crippen molar-refractivity contribution in [1.29, 1.82) is 0 Å². The number of benzene rings is 1. The predicted molar refractivity (Wildman–Crippen MR) is 70.6 cm³/mol. The highest BCUT2D eigenvalue weighted by Crippen LogP contribution is 2.14. The Balaban J connectivity index is 2.42. The molecule has 6 nitrogen and oxygen atoms in total. The monoisotopic (exact) mass is 264 g/mol. The van der Waals surface area contributed by atoms with Crippen LogP contribution in [0.15, 0.2) is 23.0 Å². The maximum atomic E-state index is 11.9. The molecule has 0 bridgehead atoms. The zero-order chi connectivity index (χ0) is 14.0. The van der Waals surface area contributed by atoms with Crippen LogP contribution in [0.3, 0.4) is 0 Å². The van der Waals surface area contributed by atoms with Crippen molar-refractivity contribution in [2.75, 3.05) is 13.7 Å². The molecule has 1 atom stereocenters. The first kappa shape index (κ1) is 13.4. The van der Waals surface area contributed by atoms with Crippen molar-refractivity contribution in [2.24, 2.45) is 5.92 Å². The van der Waals surface area contributed by atoms with Crippen LogP contribution in [0.5, 0.6) is 0 Å². The number of fused-ring (bicyclic) bond motifs is 1. The topological polar surface area (TPSA) is 84.3 Å². The average Bonchev–Trinajstić information content (AvgIpc) is 2.65. The van der Waals surface area contributed by atoms with Gasteiger partial charge in [0.15, 0.2) is 0 Å². The predicted octanol–water partition coefficient (Wildman–Crippen LogP) is 1.31. The molecule has 1 aromatic heterocycles. The van der Waals surface area contributed by atoms with Crippen molar-refractivity contribution in [1.82, 2.24) is 9.55 Å². The Bertz CT molecular complexity index is 656. The van der Waals surface area contributed by atoms with Gasteiger partial charge in [-0.25, -0.2) is 9.59 Å². The number of hydrogen-bond donors (Lipinski definition) is 2. The summed E-state index contributed by atoms with van der Waals surface area (Å²) < 4.78 is 6.65. The molecule has 102 valence electrons. The molecule has 0 aliphatic heterocycles. The third-order valence-electron chi connectivity index (χ3n) is 2.97. The number of methoxy groups -OCH3 is 1. The summed E-state index contributed by atoms with van der Waals surface area (Å²) >= 11 is 0. The molecule has 1 aromatic carbocycles. The van der Waals surface area contributed by atoms with Crippen molar-refractivity contribution in [3.63, 3.8) is 0 Å². The van der Waals surface area contributed by atoms with E-state index in [9.17, 15) is 9.59 Å². The third-order valence-corrected chi connectivity index (χ3v) is 2.97. The Kier molecular flexibility index (Phi) is 3.71. The molecule has 6 heteroatoms. The second-order valence-electron chi connectivity index (χ2n) is 4.64. The summed E-state index contributed by atoms with van der Waals surface area (Å²) in [4.78, 5) is 25.4. The Morgan fingerprint density at radius 2 is 2.26 bits per heavy atom. The SMILES string of the molecule is COCC(C)Cn1c(=O)[nH]c2cc(C(=O)O)ccc21. The number of ether oxygens (including phenoxy) is 1. The van der Waals surface area contributed by atoms with Gasteiger partial charge in [0.1, 0.15) is 0 Å². The standard InChI is InChI=1S/C13H16N2O4/c1-8(7-19-2)6-15-11-4-3-9(12(16)17)5-10(11)14-13(15)18/h3-5,8H,6-7H2,1-2H3,(H,14,18)(H,16,17). The second-order valence-corrected chi connectivity index (χ2v) is 4.64. The Labute approximate surface area is 109 Å². The summed E-state index contributed by atoms with van der Waals surface area (Å²) in [6.07, 6.45) is 0. The van der Waals surface area contributed by atoms with E-state index in [1.165, 1.54) is 12.1 Å². The molecule has 0 fully saturated rings. The van der Waals surface area contributed by atoms with Crippen LogP contribution in [0, 0.1) is 5.92 Å². The molecule has 0 radical (unpaired) electrons. The molecule has 0 aliphatic rings. The van der Waals surface area contributed by atoms with Crippen LogP contribution in [0.1, 0.15) is 17.3 Å². The van der Waals surface area contributed by atoms with Crippen LogP contribution < -0.4 is 5.69 Å². The zero-order valence-electron chi connectivity index (χ0n) is 10.8. The average molecular weight is 264 g/mol. The molecule has 2 rings (SSSR count). The number of aromatic carboxylic acids is 1. The number of aromatic amines is 1. The molecule has 0 saturated carbocycles. The van der Waals surface area contributed by atoms with Crippen molar-refractivity contribution in [3.05, 3.63) is 34.2 Å². The van der Waals surface area contributed by atoms with Crippen molar-refractivity contribution in [3.8, 4) is 0 Å². The third kappa shape index (κ3) is 2.68. The number of nitrogens with zero attached hydrogens (tertiary/aromatic N) is 1. The van der Waals surface area contributed by atoms with Crippen molar-refractivity contribution in [2.45, 2.75) is 13.5 Å². The van der Waals surface area contributed by atoms with Gasteiger partial charge in [0, 0.05) is 13.7 Å². The molecule has 2 aromatic rings. The summed E-state index contributed by atoms with van der Waals surface area (Å²) in [5.41, 5.74) is 1.17. The number of H-pyrrole nitrogens is 1. The number of aromatic nitrogens is 2. The highest BCUT2D eigenvalue weighted by molar-refractivity contribution is 5.92. The summed E-state index contributed by atoms with van der Waals surface area (Å²) in [5, 5.41) is 8.92. The minimum absolute atomic E-state index is 0.158. The van der Waals surface area contributed by atoms with Crippen LogP contribution in [-0.4, -0.2) is 34.3 Å². The van der Waals surface area contributed by atoms with Gasteiger partial charge in [-0.3, -0.25) is 4.57 Å². The molecular formula is C13H16N2O4. The van der Waals surface area contributed by atoms with E-state index in [2.05, 4.69) is 4.98 Å². The smallest absolute Gasteiger partial charge is 0.335 e. The van der Waals surface area contributed by atoms with E-state index in [-0.39, 0.29) is 17.2 Å². The van der Waals surface area contributed by atoms with Gasteiger partial charge < -0.3 is 14.8 Å². The fourth-order valence-electron chi connectivity index (χ4n) is 2.13. The Morgan fingerprint density at radius 3 is 2.89 bits per heavy atom. The fraction of sp³-hybridized carbons (Fsp3) is 0.385. The van der Waals surface area contributed by atoms with E-state index in [1.807, 2.05) is 6.92 Å². The summed E-state index contributed by atoms with van der Waals surface area (Å²) in [5.74, 6) is -0.816. The number of imidazole rings is 1. The van der Waals surface area contributed by atoms with Crippen LogP contribution in [-0.2, 0) is 11.3 Å². The first-order chi connectivity index (χ1) is 9.02. The molecule has 0 spiro atoms. The van der Waals surface area contributed by atoms with Gasteiger partial charge in [-0.2, -0.15) is 0 Å².